The van der Waals surface area contributed by atoms with Crippen LogP contribution in [0.4, 0.5) is 5.69 Å². The normalized spacial score (nSPS) is 16.3. The minimum Gasteiger partial charge on any atom is -0.380 e. The van der Waals surface area contributed by atoms with Crippen LogP contribution in [0.1, 0.15) is 52.0 Å². The van der Waals surface area contributed by atoms with Gasteiger partial charge in [0.15, 0.2) is 0 Å². The maximum Gasteiger partial charge on any atom is 0.0645 e. The summed E-state index contributed by atoms with van der Waals surface area (Å²) in [6, 6.07) is 8.62. The average Bonchev–Trinajstić information content (AvgIpc) is 2.67. The van der Waals surface area contributed by atoms with E-state index in [2.05, 4.69) is 56.5 Å². The van der Waals surface area contributed by atoms with Crippen molar-refractivity contribution in [3.63, 3.8) is 0 Å². The van der Waals surface area contributed by atoms with Crippen LogP contribution in [0.25, 0.3) is 0 Å². The fourth-order valence-electron chi connectivity index (χ4n) is 3.02. The zero-order valence-corrected chi connectivity index (χ0v) is 13.8. The van der Waals surface area contributed by atoms with Gasteiger partial charge in [0, 0.05) is 30.0 Å². The molecule has 116 valence electrons. The summed E-state index contributed by atoms with van der Waals surface area (Å²) >= 11 is 0. The largest absolute Gasteiger partial charge is 0.380 e. The van der Waals surface area contributed by atoms with Crippen molar-refractivity contribution in [2.75, 3.05) is 24.7 Å². The Morgan fingerprint density at radius 2 is 1.86 bits per heavy atom. The van der Waals surface area contributed by atoms with Gasteiger partial charge in [-0.15, -0.1) is 0 Å². The van der Waals surface area contributed by atoms with Crippen LogP contribution in [0.15, 0.2) is 36.5 Å². The van der Waals surface area contributed by atoms with E-state index in [9.17, 15) is 0 Å². The van der Waals surface area contributed by atoms with E-state index in [-0.39, 0.29) is 5.41 Å². The zero-order chi connectivity index (χ0) is 15.3. The standard InChI is InChI=1S/C19H29NO/c1-5-6-7-10-14-21-15-13-20-16(2)19(3,4)17-11-8-9-12-18(17)20/h8-9,11-12H,2,5-7,10,13-15H2,1,3-4H3. The molecule has 21 heavy (non-hydrogen) atoms. The Hall–Kier alpha value is -1.28. The van der Waals surface area contributed by atoms with Gasteiger partial charge in [-0.3, -0.25) is 0 Å². The van der Waals surface area contributed by atoms with E-state index in [1.165, 1.54) is 42.6 Å². The van der Waals surface area contributed by atoms with E-state index in [1.807, 2.05) is 0 Å². The lowest BCUT2D eigenvalue weighted by atomic mass is 9.85. The molecule has 0 bridgehead atoms. The molecule has 0 radical (unpaired) electrons. The third-order valence-corrected chi connectivity index (χ3v) is 4.52. The minimum absolute atomic E-state index is 0.0255. The second-order valence-corrected chi connectivity index (χ2v) is 6.41. The van der Waals surface area contributed by atoms with Crippen LogP contribution in [-0.4, -0.2) is 19.8 Å². The van der Waals surface area contributed by atoms with Crippen molar-refractivity contribution in [1.82, 2.24) is 0 Å². The maximum absolute atomic E-state index is 5.79. The quantitative estimate of drug-likeness (QED) is 0.631. The predicted octanol–water partition coefficient (Wildman–Crippen LogP) is 4.89. The van der Waals surface area contributed by atoms with E-state index >= 15 is 0 Å². The fourth-order valence-corrected chi connectivity index (χ4v) is 3.02. The molecule has 1 aliphatic rings. The second kappa shape index (κ2) is 7.13. The van der Waals surface area contributed by atoms with Crippen molar-refractivity contribution in [2.24, 2.45) is 0 Å². The highest BCUT2D eigenvalue weighted by molar-refractivity contribution is 5.69. The average molecular weight is 287 g/mol. The highest BCUT2D eigenvalue weighted by Crippen LogP contribution is 2.46. The third-order valence-electron chi connectivity index (χ3n) is 4.52. The summed E-state index contributed by atoms with van der Waals surface area (Å²) in [5.74, 6) is 0. The van der Waals surface area contributed by atoms with Gasteiger partial charge >= 0.3 is 0 Å². The molecule has 1 heterocycles. The Balaban J connectivity index is 1.85. The maximum atomic E-state index is 5.79. The van der Waals surface area contributed by atoms with Crippen LogP contribution >= 0.6 is 0 Å². The van der Waals surface area contributed by atoms with E-state index in [0.29, 0.717) is 0 Å². The Kier molecular flexibility index (Phi) is 5.46. The van der Waals surface area contributed by atoms with E-state index in [4.69, 9.17) is 4.74 Å². The molecular weight excluding hydrogens is 258 g/mol. The number of para-hydroxylation sites is 1. The summed E-state index contributed by atoms with van der Waals surface area (Å²) in [7, 11) is 0. The van der Waals surface area contributed by atoms with Gasteiger partial charge in [0.2, 0.25) is 0 Å². The molecule has 0 N–H and O–H groups in total. The molecule has 0 amide bonds. The molecular formula is C19H29NO. The van der Waals surface area contributed by atoms with Crippen molar-refractivity contribution in [2.45, 2.75) is 51.9 Å². The van der Waals surface area contributed by atoms with Crippen LogP contribution in [0, 0.1) is 0 Å². The molecule has 1 aliphatic heterocycles. The predicted molar refractivity (Wildman–Crippen MR) is 90.9 cm³/mol. The van der Waals surface area contributed by atoms with Gasteiger partial charge in [0.25, 0.3) is 0 Å². The number of benzene rings is 1. The first kappa shape index (κ1) is 16.1. The van der Waals surface area contributed by atoms with E-state index in [0.717, 1.165) is 19.8 Å². The smallest absolute Gasteiger partial charge is 0.0645 e. The minimum atomic E-state index is 0.0255. The summed E-state index contributed by atoms with van der Waals surface area (Å²) < 4.78 is 5.79. The first-order valence-corrected chi connectivity index (χ1v) is 8.23. The van der Waals surface area contributed by atoms with Crippen LogP contribution in [0.2, 0.25) is 0 Å². The lowest BCUT2D eigenvalue weighted by Gasteiger charge is -2.25. The molecule has 0 fully saturated rings. The Bertz CT molecular complexity index is 478. The van der Waals surface area contributed by atoms with Gasteiger partial charge in [0.05, 0.1) is 6.61 Å². The zero-order valence-electron chi connectivity index (χ0n) is 13.8. The van der Waals surface area contributed by atoms with Crippen molar-refractivity contribution < 1.29 is 4.74 Å². The number of anilines is 1. The number of hydrogen-bond acceptors (Lipinski definition) is 2. The van der Waals surface area contributed by atoms with E-state index < -0.39 is 0 Å². The molecule has 1 aromatic carbocycles. The Labute approximate surface area is 129 Å². The molecule has 0 aromatic heterocycles. The summed E-state index contributed by atoms with van der Waals surface area (Å²) in [5.41, 5.74) is 3.87. The highest BCUT2D eigenvalue weighted by atomic mass is 16.5. The van der Waals surface area contributed by atoms with Gasteiger partial charge in [-0.25, -0.2) is 0 Å². The lowest BCUT2D eigenvalue weighted by molar-refractivity contribution is 0.136. The second-order valence-electron chi connectivity index (χ2n) is 6.41. The van der Waals surface area contributed by atoms with Crippen molar-refractivity contribution in [3.05, 3.63) is 42.1 Å². The summed E-state index contributed by atoms with van der Waals surface area (Å²) in [5, 5.41) is 0. The van der Waals surface area contributed by atoms with Crippen molar-refractivity contribution in [3.8, 4) is 0 Å². The molecule has 0 unspecified atom stereocenters. The monoisotopic (exact) mass is 287 g/mol. The number of fused-ring (bicyclic) bond motifs is 1. The van der Waals surface area contributed by atoms with Gasteiger partial charge < -0.3 is 9.64 Å². The summed E-state index contributed by atoms with van der Waals surface area (Å²) in [6.07, 6.45) is 5.05. The van der Waals surface area contributed by atoms with Crippen LogP contribution in [0.5, 0.6) is 0 Å². The highest BCUT2D eigenvalue weighted by Gasteiger charge is 2.38. The van der Waals surface area contributed by atoms with Gasteiger partial charge in [-0.2, -0.15) is 0 Å². The lowest BCUT2D eigenvalue weighted by Crippen LogP contribution is -2.28. The van der Waals surface area contributed by atoms with Gasteiger partial charge in [-0.1, -0.05) is 64.8 Å². The summed E-state index contributed by atoms with van der Waals surface area (Å²) in [6.45, 7) is 13.6. The molecule has 0 saturated heterocycles. The SMILES string of the molecule is C=C1N(CCOCCCCCC)c2ccccc2C1(C)C. The van der Waals surface area contributed by atoms with Crippen molar-refractivity contribution >= 4 is 5.69 Å². The molecule has 0 atom stereocenters. The Morgan fingerprint density at radius 1 is 1.10 bits per heavy atom. The molecule has 0 saturated carbocycles. The molecule has 1 aromatic rings. The fraction of sp³-hybridized carbons (Fsp3) is 0.579. The van der Waals surface area contributed by atoms with Crippen LogP contribution < -0.4 is 4.90 Å². The van der Waals surface area contributed by atoms with Crippen LogP contribution in [-0.2, 0) is 10.2 Å². The van der Waals surface area contributed by atoms with E-state index in [1.54, 1.807) is 0 Å². The Morgan fingerprint density at radius 3 is 2.62 bits per heavy atom. The summed E-state index contributed by atoms with van der Waals surface area (Å²) in [4.78, 5) is 2.32. The van der Waals surface area contributed by atoms with Gasteiger partial charge in [0.1, 0.15) is 0 Å². The van der Waals surface area contributed by atoms with Crippen molar-refractivity contribution in [1.29, 1.82) is 0 Å². The molecule has 2 heteroatoms. The molecule has 0 aliphatic carbocycles. The molecule has 2 nitrogen and oxygen atoms in total. The topological polar surface area (TPSA) is 12.5 Å². The number of ether oxygens (including phenoxy) is 1. The first-order valence-electron chi connectivity index (χ1n) is 8.23. The number of unbranched alkanes of at least 4 members (excludes halogenated alkanes) is 3. The van der Waals surface area contributed by atoms with Crippen LogP contribution in [0.3, 0.4) is 0 Å². The number of nitrogens with zero attached hydrogens (tertiary/aromatic N) is 1. The number of hydrogen-bond donors (Lipinski definition) is 0. The first-order chi connectivity index (χ1) is 10.1. The van der Waals surface area contributed by atoms with Gasteiger partial charge in [-0.05, 0) is 18.1 Å². The number of rotatable bonds is 8. The number of allylic oxidation sites excluding steroid dienone is 1. The third kappa shape index (κ3) is 3.49. The molecule has 2 rings (SSSR count). The molecule has 0 spiro atoms.